The molecule has 0 aliphatic heterocycles. The molecule has 0 atom stereocenters. The Morgan fingerprint density at radius 3 is 2.50 bits per heavy atom. The largest absolute Gasteiger partial charge is 0.476 e. The fraction of sp³-hybridized carbons (Fsp3) is 0. The molecule has 6 heteroatoms. The number of hydrazone groups is 1. The molecule has 2 aromatic carbocycles. The standard InChI is InChI=1S/C14H10BrClN2O2/c15-10-4-6-12(7-5-10)17-18-13(14(19)20)9-2-1-3-11(16)8-9/h1-8,17H,(H,19,20)/b18-13-. The van der Waals surface area contributed by atoms with Gasteiger partial charge in [-0.2, -0.15) is 5.10 Å². The van der Waals surface area contributed by atoms with E-state index in [0.29, 0.717) is 16.3 Å². The number of aliphatic carboxylic acids is 1. The summed E-state index contributed by atoms with van der Waals surface area (Å²) in [5.74, 6) is -1.13. The number of nitrogens with zero attached hydrogens (tertiary/aromatic N) is 1. The van der Waals surface area contributed by atoms with E-state index in [9.17, 15) is 9.90 Å². The number of carboxylic acid groups (broad SMARTS) is 1. The average Bonchev–Trinajstić information content (AvgIpc) is 2.41. The van der Waals surface area contributed by atoms with Gasteiger partial charge in [-0.3, -0.25) is 5.43 Å². The topological polar surface area (TPSA) is 61.7 Å². The van der Waals surface area contributed by atoms with Gasteiger partial charge in [0.25, 0.3) is 0 Å². The van der Waals surface area contributed by atoms with Crippen LogP contribution in [0.25, 0.3) is 0 Å². The normalized spacial score (nSPS) is 11.2. The molecule has 0 aromatic heterocycles. The molecule has 0 amide bonds. The molecule has 0 saturated carbocycles. The quantitative estimate of drug-likeness (QED) is 0.645. The average molecular weight is 354 g/mol. The Balaban J connectivity index is 2.27. The van der Waals surface area contributed by atoms with Crippen molar-refractivity contribution in [3.8, 4) is 0 Å². The third kappa shape index (κ3) is 3.82. The van der Waals surface area contributed by atoms with Crippen molar-refractivity contribution in [1.29, 1.82) is 0 Å². The van der Waals surface area contributed by atoms with E-state index in [1.54, 1.807) is 36.4 Å². The summed E-state index contributed by atoms with van der Waals surface area (Å²) in [7, 11) is 0. The lowest BCUT2D eigenvalue weighted by Crippen LogP contribution is -2.16. The van der Waals surface area contributed by atoms with Crippen LogP contribution in [0.4, 0.5) is 5.69 Å². The summed E-state index contributed by atoms with van der Waals surface area (Å²) < 4.78 is 0.931. The van der Waals surface area contributed by atoms with E-state index in [2.05, 4.69) is 26.5 Å². The number of hydrogen-bond acceptors (Lipinski definition) is 3. The van der Waals surface area contributed by atoms with Crippen molar-refractivity contribution in [3.05, 3.63) is 63.6 Å². The SMILES string of the molecule is O=C(O)/C(=N\Nc1ccc(Br)cc1)c1cccc(Cl)c1. The molecule has 0 aliphatic carbocycles. The first-order valence-corrected chi connectivity index (χ1v) is 6.82. The summed E-state index contributed by atoms with van der Waals surface area (Å²) >= 11 is 9.18. The van der Waals surface area contributed by atoms with Gasteiger partial charge < -0.3 is 5.11 Å². The number of halogens is 2. The molecule has 0 heterocycles. The molecule has 0 aliphatic rings. The van der Waals surface area contributed by atoms with Gasteiger partial charge in [0.1, 0.15) is 0 Å². The van der Waals surface area contributed by atoms with Crippen LogP contribution < -0.4 is 5.43 Å². The van der Waals surface area contributed by atoms with Gasteiger partial charge in [0, 0.05) is 15.1 Å². The van der Waals surface area contributed by atoms with E-state index < -0.39 is 5.97 Å². The second-order valence-electron chi connectivity index (χ2n) is 3.89. The fourth-order valence-corrected chi connectivity index (χ4v) is 1.97. The molecular weight excluding hydrogens is 344 g/mol. The maximum Gasteiger partial charge on any atom is 0.356 e. The van der Waals surface area contributed by atoms with Crippen molar-refractivity contribution in [1.82, 2.24) is 0 Å². The lowest BCUT2D eigenvalue weighted by molar-refractivity contribution is -0.129. The van der Waals surface area contributed by atoms with Gasteiger partial charge in [-0.05, 0) is 36.4 Å². The predicted molar refractivity (Wildman–Crippen MR) is 83.4 cm³/mol. The predicted octanol–water partition coefficient (Wildman–Crippen LogP) is 4.00. The Bertz CT molecular complexity index is 656. The summed E-state index contributed by atoms with van der Waals surface area (Å²) in [6, 6.07) is 13.8. The van der Waals surface area contributed by atoms with Crippen molar-refractivity contribution >= 4 is 44.9 Å². The summed E-state index contributed by atoms with van der Waals surface area (Å²) in [4.78, 5) is 11.3. The third-order valence-electron chi connectivity index (χ3n) is 2.44. The molecule has 0 bridgehead atoms. The molecule has 0 spiro atoms. The van der Waals surface area contributed by atoms with E-state index in [4.69, 9.17) is 11.6 Å². The Morgan fingerprint density at radius 2 is 1.90 bits per heavy atom. The molecule has 2 rings (SSSR count). The highest BCUT2D eigenvalue weighted by atomic mass is 79.9. The molecule has 4 nitrogen and oxygen atoms in total. The highest BCUT2D eigenvalue weighted by Crippen LogP contribution is 2.15. The Labute approximate surface area is 129 Å². The van der Waals surface area contributed by atoms with Crippen molar-refractivity contribution < 1.29 is 9.90 Å². The zero-order valence-electron chi connectivity index (χ0n) is 10.2. The van der Waals surface area contributed by atoms with Gasteiger partial charge in [0.15, 0.2) is 5.71 Å². The van der Waals surface area contributed by atoms with E-state index in [1.807, 2.05) is 12.1 Å². The summed E-state index contributed by atoms with van der Waals surface area (Å²) in [5, 5.41) is 13.6. The molecule has 0 unspecified atom stereocenters. The van der Waals surface area contributed by atoms with Crippen LogP contribution in [0.15, 0.2) is 58.1 Å². The fourth-order valence-electron chi connectivity index (χ4n) is 1.52. The lowest BCUT2D eigenvalue weighted by Gasteiger charge is -2.04. The number of hydrogen-bond donors (Lipinski definition) is 2. The van der Waals surface area contributed by atoms with Crippen LogP contribution in [-0.2, 0) is 4.79 Å². The van der Waals surface area contributed by atoms with Gasteiger partial charge >= 0.3 is 5.97 Å². The minimum atomic E-state index is -1.13. The van der Waals surface area contributed by atoms with Crippen LogP contribution in [-0.4, -0.2) is 16.8 Å². The molecule has 0 radical (unpaired) electrons. The van der Waals surface area contributed by atoms with Crippen LogP contribution in [0, 0.1) is 0 Å². The number of carboxylic acids is 1. The minimum absolute atomic E-state index is 0.101. The van der Waals surface area contributed by atoms with Crippen LogP contribution in [0.5, 0.6) is 0 Å². The maximum absolute atomic E-state index is 11.3. The highest BCUT2D eigenvalue weighted by molar-refractivity contribution is 9.10. The first-order chi connectivity index (χ1) is 9.56. The first kappa shape index (κ1) is 14.6. The number of rotatable bonds is 4. The second-order valence-corrected chi connectivity index (χ2v) is 5.25. The second kappa shape index (κ2) is 6.54. The van der Waals surface area contributed by atoms with Gasteiger partial charge in [0.2, 0.25) is 0 Å². The summed E-state index contributed by atoms with van der Waals surface area (Å²) in [6.45, 7) is 0. The van der Waals surface area contributed by atoms with Crippen molar-refractivity contribution in [2.45, 2.75) is 0 Å². The molecule has 0 saturated heterocycles. The van der Waals surface area contributed by atoms with Crippen LogP contribution in [0.3, 0.4) is 0 Å². The third-order valence-corrected chi connectivity index (χ3v) is 3.21. The van der Waals surface area contributed by atoms with E-state index in [-0.39, 0.29) is 5.71 Å². The first-order valence-electron chi connectivity index (χ1n) is 5.65. The van der Waals surface area contributed by atoms with Gasteiger partial charge in [0.05, 0.1) is 5.69 Å². The smallest absolute Gasteiger partial charge is 0.356 e. The van der Waals surface area contributed by atoms with Crippen LogP contribution in [0.1, 0.15) is 5.56 Å². The van der Waals surface area contributed by atoms with E-state index in [0.717, 1.165) is 4.47 Å². The van der Waals surface area contributed by atoms with Gasteiger partial charge in [-0.1, -0.05) is 39.7 Å². The van der Waals surface area contributed by atoms with Gasteiger partial charge in [-0.25, -0.2) is 4.79 Å². The number of anilines is 1. The maximum atomic E-state index is 11.3. The van der Waals surface area contributed by atoms with Crippen LogP contribution in [0.2, 0.25) is 5.02 Å². The van der Waals surface area contributed by atoms with Crippen molar-refractivity contribution in [2.75, 3.05) is 5.43 Å². The number of nitrogens with one attached hydrogen (secondary N) is 1. The molecule has 2 aromatic rings. The monoisotopic (exact) mass is 352 g/mol. The number of benzene rings is 2. The summed E-state index contributed by atoms with van der Waals surface area (Å²) in [5.41, 5.74) is 3.74. The van der Waals surface area contributed by atoms with Crippen molar-refractivity contribution in [3.63, 3.8) is 0 Å². The van der Waals surface area contributed by atoms with Crippen LogP contribution >= 0.6 is 27.5 Å². The zero-order chi connectivity index (χ0) is 14.5. The zero-order valence-corrected chi connectivity index (χ0v) is 12.5. The van der Waals surface area contributed by atoms with Gasteiger partial charge in [-0.15, -0.1) is 0 Å². The molecule has 20 heavy (non-hydrogen) atoms. The molecular formula is C14H10BrClN2O2. The molecule has 102 valence electrons. The molecule has 2 N–H and O–H groups in total. The Kier molecular flexibility index (Phi) is 4.76. The molecule has 0 fully saturated rings. The Morgan fingerprint density at radius 1 is 1.20 bits per heavy atom. The highest BCUT2D eigenvalue weighted by Gasteiger charge is 2.13. The van der Waals surface area contributed by atoms with Crippen molar-refractivity contribution in [2.24, 2.45) is 5.10 Å². The summed E-state index contributed by atoms with van der Waals surface area (Å²) in [6.07, 6.45) is 0. The van der Waals surface area contributed by atoms with E-state index in [1.165, 1.54) is 0 Å². The minimum Gasteiger partial charge on any atom is -0.476 e. The number of carbonyl (C=O) groups is 1. The Hall–Kier alpha value is -1.85. The lowest BCUT2D eigenvalue weighted by atomic mass is 10.1. The van der Waals surface area contributed by atoms with E-state index >= 15 is 0 Å².